The Balaban J connectivity index is 1.83. The zero-order valence-corrected chi connectivity index (χ0v) is 25.3. The molecule has 2 aliphatic heterocycles. The maximum absolute atomic E-state index is 14.0. The maximum Gasteiger partial charge on any atom is 0.338 e. The van der Waals surface area contributed by atoms with Gasteiger partial charge in [-0.1, -0.05) is 42.8 Å². The third-order valence-electron chi connectivity index (χ3n) is 7.06. The summed E-state index contributed by atoms with van der Waals surface area (Å²) in [7, 11) is 0. The van der Waals surface area contributed by atoms with Crippen LogP contribution in [0.4, 0.5) is 4.39 Å². The van der Waals surface area contributed by atoms with Crippen LogP contribution in [0.15, 0.2) is 50.5 Å². The minimum absolute atomic E-state index is 0.0120. The fourth-order valence-electron chi connectivity index (χ4n) is 5.38. The minimum atomic E-state index is -0.873. The first kappa shape index (κ1) is 30.3. The average molecular weight is 638 g/mol. The van der Waals surface area contributed by atoms with Crippen LogP contribution in [-0.4, -0.2) is 71.2 Å². The molecule has 2 aromatic rings. The number of carbonyl (C=O) groups excluding carboxylic acids is 1. The molecular formula is C28H34BrFN4O5S. The SMILES string of the molecule is CCOC(=O)C1=C(CN2CCO[C@H](C(C)C)[C@H]2C(C)CC(=O)O)NC(c2nccs2)=N[C@H]1c1ccc(F)cc1Br. The Morgan fingerprint density at radius 2 is 2.12 bits per heavy atom. The van der Waals surface area contributed by atoms with Crippen LogP contribution >= 0.6 is 27.3 Å². The summed E-state index contributed by atoms with van der Waals surface area (Å²) in [6, 6.07) is 3.29. The highest BCUT2D eigenvalue weighted by Gasteiger charge is 2.41. The summed E-state index contributed by atoms with van der Waals surface area (Å²) >= 11 is 4.86. The Morgan fingerprint density at radius 3 is 2.75 bits per heavy atom. The molecule has 0 aliphatic carbocycles. The van der Waals surface area contributed by atoms with Gasteiger partial charge >= 0.3 is 11.9 Å². The first-order valence-corrected chi connectivity index (χ1v) is 14.9. The Morgan fingerprint density at radius 1 is 1.35 bits per heavy atom. The van der Waals surface area contributed by atoms with Crippen molar-refractivity contribution in [3.63, 3.8) is 0 Å². The lowest BCUT2D eigenvalue weighted by Gasteiger charge is -2.46. The van der Waals surface area contributed by atoms with Gasteiger partial charge in [0.05, 0.1) is 24.9 Å². The maximum atomic E-state index is 14.0. The van der Waals surface area contributed by atoms with Crippen LogP contribution in [0.5, 0.6) is 0 Å². The molecule has 0 saturated carbocycles. The number of carboxylic acid groups (broad SMARTS) is 1. The number of nitrogens with one attached hydrogen (secondary N) is 1. The molecule has 1 aromatic carbocycles. The minimum Gasteiger partial charge on any atom is -0.481 e. The summed E-state index contributed by atoms with van der Waals surface area (Å²) in [6.07, 6.45) is 1.48. The van der Waals surface area contributed by atoms with Crippen LogP contribution in [0.2, 0.25) is 0 Å². The van der Waals surface area contributed by atoms with Crippen LogP contribution in [-0.2, 0) is 19.1 Å². The number of nitrogens with zero attached hydrogens (tertiary/aromatic N) is 3. The summed E-state index contributed by atoms with van der Waals surface area (Å²) in [4.78, 5) is 36.7. The van der Waals surface area contributed by atoms with Crippen molar-refractivity contribution < 1.29 is 28.6 Å². The fourth-order valence-corrected chi connectivity index (χ4v) is 6.54. The number of rotatable bonds is 10. The zero-order chi connectivity index (χ0) is 29.0. The second kappa shape index (κ2) is 13.3. The number of hydrogen-bond acceptors (Lipinski definition) is 9. The third-order valence-corrected chi connectivity index (χ3v) is 8.52. The number of amidine groups is 1. The molecule has 4 rings (SSSR count). The van der Waals surface area contributed by atoms with Crippen LogP contribution in [0.25, 0.3) is 0 Å². The van der Waals surface area contributed by atoms with Gasteiger partial charge in [0, 0.05) is 47.3 Å². The van der Waals surface area contributed by atoms with E-state index in [-0.39, 0.29) is 37.0 Å². The Kier molecular flexibility index (Phi) is 10.1. The van der Waals surface area contributed by atoms with Gasteiger partial charge in [-0.15, -0.1) is 11.3 Å². The Bertz CT molecular complexity index is 1290. The molecule has 9 nitrogen and oxygen atoms in total. The summed E-state index contributed by atoms with van der Waals surface area (Å²) < 4.78 is 26.2. The van der Waals surface area contributed by atoms with Crippen molar-refractivity contribution in [3.8, 4) is 0 Å². The van der Waals surface area contributed by atoms with Crippen molar-refractivity contribution in [2.75, 3.05) is 26.3 Å². The lowest BCUT2D eigenvalue weighted by molar-refractivity contribution is -0.142. The van der Waals surface area contributed by atoms with Gasteiger partial charge in [-0.05, 0) is 36.5 Å². The van der Waals surface area contributed by atoms with Crippen molar-refractivity contribution in [2.45, 2.75) is 52.3 Å². The van der Waals surface area contributed by atoms with Crippen molar-refractivity contribution >= 4 is 45.0 Å². The van der Waals surface area contributed by atoms with E-state index in [0.29, 0.717) is 51.8 Å². The normalized spacial score (nSPS) is 22.6. The van der Waals surface area contributed by atoms with Gasteiger partial charge in [0.2, 0.25) is 0 Å². The quantitative estimate of drug-likeness (QED) is 0.358. The van der Waals surface area contributed by atoms with Crippen molar-refractivity contribution in [1.29, 1.82) is 0 Å². The molecule has 1 unspecified atom stereocenters. The van der Waals surface area contributed by atoms with Crippen LogP contribution in [0, 0.1) is 17.7 Å². The average Bonchev–Trinajstić information content (AvgIpc) is 3.43. The van der Waals surface area contributed by atoms with Crippen molar-refractivity contribution in [2.24, 2.45) is 16.8 Å². The standard InChI is InChI=1S/C28H34BrFN4O5S/c1-5-38-28(37)22-20(14-34-9-10-39-25(15(2)3)24(34)16(4)12-21(35)36)32-26(27-31-8-11-40-27)33-23(22)18-7-6-17(30)13-19(18)29/h6-8,11,13,15-16,23-25H,5,9-10,12,14H2,1-4H3,(H,32,33)(H,35,36)/t16?,23-,24+,25+/m0/s1. The molecule has 0 bridgehead atoms. The number of aliphatic imine (C=N–C) groups is 1. The molecule has 40 heavy (non-hydrogen) atoms. The lowest BCUT2D eigenvalue weighted by atomic mass is 9.85. The van der Waals surface area contributed by atoms with Crippen LogP contribution < -0.4 is 5.32 Å². The number of halogens is 2. The number of aliphatic carboxylic acids is 1. The Labute approximate surface area is 245 Å². The summed E-state index contributed by atoms with van der Waals surface area (Å²) in [6.45, 7) is 9.27. The highest BCUT2D eigenvalue weighted by molar-refractivity contribution is 9.10. The molecule has 1 aromatic heterocycles. The molecule has 1 fully saturated rings. The molecule has 12 heteroatoms. The second-order valence-electron chi connectivity index (χ2n) is 10.2. The first-order chi connectivity index (χ1) is 19.1. The van der Waals surface area contributed by atoms with Gasteiger partial charge in [-0.3, -0.25) is 14.7 Å². The third kappa shape index (κ3) is 6.79. The molecule has 0 spiro atoms. The van der Waals surface area contributed by atoms with E-state index in [1.54, 1.807) is 19.2 Å². The molecule has 1 saturated heterocycles. The highest BCUT2D eigenvalue weighted by Crippen LogP contribution is 2.38. The number of morpholine rings is 1. The zero-order valence-electron chi connectivity index (χ0n) is 22.9. The van der Waals surface area contributed by atoms with E-state index < -0.39 is 23.8 Å². The van der Waals surface area contributed by atoms with Crippen molar-refractivity contribution in [3.05, 3.63) is 61.9 Å². The monoisotopic (exact) mass is 636 g/mol. The first-order valence-electron chi connectivity index (χ1n) is 13.3. The predicted molar refractivity (Wildman–Crippen MR) is 154 cm³/mol. The molecule has 216 valence electrons. The molecular weight excluding hydrogens is 603 g/mol. The summed E-state index contributed by atoms with van der Waals surface area (Å²) in [5.41, 5.74) is 1.50. The molecule has 3 heterocycles. The van der Waals surface area contributed by atoms with Gasteiger partial charge in [0.25, 0.3) is 0 Å². The van der Waals surface area contributed by atoms with Gasteiger partial charge < -0.3 is 19.9 Å². The van der Waals surface area contributed by atoms with E-state index in [1.165, 1.54) is 23.5 Å². The van der Waals surface area contributed by atoms with E-state index in [2.05, 4.69) is 45.0 Å². The van der Waals surface area contributed by atoms with Crippen LogP contribution in [0.3, 0.4) is 0 Å². The van der Waals surface area contributed by atoms with E-state index in [1.807, 2.05) is 12.3 Å². The number of esters is 1. The largest absolute Gasteiger partial charge is 0.481 e. The van der Waals surface area contributed by atoms with Gasteiger partial charge in [0.1, 0.15) is 11.9 Å². The number of carboxylic acids is 1. The fraction of sp³-hybridized carbons (Fsp3) is 0.500. The second-order valence-corrected chi connectivity index (χ2v) is 12.0. The molecule has 2 N–H and O–H groups in total. The van der Waals surface area contributed by atoms with Crippen LogP contribution in [0.1, 0.15) is 50.7 Å². The lowest BCUT2D eigenvalue weighted by Crippen LogP contribution is -2.57. The molecule has 2 aliphatic rings. The highest BCUT2D eigenvalue weighted by atomic mass is 79.9. The predicted octanol–water partition coefficient (Wildman–Crippen LogP) is 4.79. The van der Waals surface area contributed by atoms with E-state index in [0.717, 1.165) is 0 Å². The van der Waals surface area contributed by atoms with Crippen molar-refractivity contribution in [1.82, 2.24) is 15.2 Å². The molecule has 0 radical (unpaired) electrons. The summed E-state index contributed by atoms with van der Waals surface area (Å²) in [5.74, 6) is -1.40. The van der Waals surface area contributed by atoms with Gasteiger partial charge in [0.15, 0.2) is 10.8 Å². The Hall–Kier alpha value is -2.67. The van der Waals surface area contributed by atoms with Gasteiger partial charge in [-0.2, -0.15) is 0 Å². The molecule has 4 atom stereocenters. The number of ether oxygens (including phenoxy) is 2. The van der Waals surface area contributed by atoms with Gasteiger partial charge in [-0.25, -0.2) is 14.2 Å². The summed E-state index contributed by atoms with van der Waals surface area (Å²) in [5, 5.41) is 15.4. The molecule has 0 amide bonds. The number of benzene rings is 1. The van der Waals surface area contributed by atoms with E-state index in [9.17, 15) is 19.1 Å². The number of thiazole rings is 1. The smallest absolute Gasteiger partial charge is 0.338 e. The number of aromatic nitrogens is 1. The topological polar surface area (TPSA) is 113 Å². The van der Waals surface area contributed by atoms with E-state index >= 15 is 0 Å². The van der Waals surface area contributed by atoms with E-state index in [4.69, 9.17) is 14.5 Å². The number of hydrogen-bond donors (Lipinski definition) is 2. The number of carbonyl (C=O) groups is 2.